The van der Waals surface area contributed by atoms with Gasteiger partial charge in [0.25, 0.3) is 0 Å². The van der Waals surface area contributed by atoms with E-state index in [2.05, 4.69) is 28.7 Å². The fourth-order valence-corrected chi connectivity index (χ4v) is 5.85. The average molecular weight is 306 g/mol. The van der Waals surface area contributed by atoms with E-state index in [0.717, 1.165) is 16.7 Å². The molecule has 0 radical (unpaired) electrons. The van der Waals surface area contributed by atoms with Crippen LogP contribution in [0.15, 0.2) is 0 Å². The maximum atomic E-state index is 2.78. The first-order chi connectivity index (χ1) is 10.6. The molecule has 22 heavy (non-hydrogen) atoms. The van der Waals surface area contributed by atoms with Gasteiger partial charge in [-0.15, -0.1) is 0 Å². The largest absolute Gasteiger partial charge is 0.306 e. The highest BCUT2D eigenvalue weighted by Crippen LogP contribution is 2.53. The number of nitrogens with zero attached hydrogens (tertiary/aromatic N) is 3. The molecule has 0 aromatic heterocycles. The van der Waals surface area contributed by atoms with Gasteiger partial charge in [-0.3, -0.25) is 0 Å². The second-order valence-electron chi connectivity index (χ2n) is 9.18. The van der Waals surface area contributed by atoms with Crippen molar-refractivity contribution in [3.8, 4) is 0 Å². The first-order valence-electron chi connectivity index (χ1n) is 9.74. The highest BCUT2D eigenvalue weighted by Gasteiger charge is 2.49. The average Bonchev–Trinajstić information content (AvgIpc) is 2.47. The Kier molecular flexibility index (Phi) is 4.03. The summed E-state index contributed by atoms with van der Waals surface area (Å²) in [5.74, 6) is 1.02. The van der Waals surface area contributed by atoms with E-state index in [1.54, 1.807) is 0 Å². The van der Waals surface area contributed by atoms with Crippen LogP contribution in [-0.4, -0.2) is 74.1 Å². The molecule has 3 nitrogen and oxygen atoms in total. The Morgan fingerprint density at radius 1 is 0.818 bits per heavy atom. The third-order valence-electron chi connectivity index (χ3n) is 7.49. The molecular weight excluding hydrogens is 270 g/mol. The van der Waals surface area contributed by atoms with Gasteiger partial charge in [0.15, 0.2) is 0 Å². The number of hydrogen-bond donors (Lipinski definition) is 0. The first-order valence-corrected chi connectivity index (χ1v) is 9.74. The minimum Gasteiger partial charge on any atom is -0.306 e. The molecule has 3 saturated heterocycles. The lowest BCUT2D eigenvalue weighted by molar-refractivity contribution is -0.0816. The van der Waals surface area contributed by atoms with E-state index in [4.69, 9.17) is 0 Å². The van der Waals surface area contributed by atoms with Crippen LogP contribution in [0.4, 0.5) is 0 Å². The zero-order valence-corrected chi connectivity index (χ0v) is 14.8. The van der Waals surface area contributed by atoms with Crippen molar-refractivity contribution in [3.63, 3.8) is 0 Å². The van der Waals surface area contributed by atoms with E-state index < -0.39 is 0 Å². The molecule has 0 aromatic rings. The lowest BCUT2D eigenvalue weighted by Crippen LogP contribution is -2.61. The summed E-state index contributed by atoms with van der Waals surface area (Å²) in [5, 5.41) is 0. The third-order valence-corrected chi connectivity index (χ3v) is 7.49. The van der Waals surface area contributed by atoms with Crippen molar-refractivity contribution in [2.24, 2.45) is 16.7 Å². The Bertz CT molecular complexity index is 375. The van der Waals surface area contributed by atoms with Crippen molar-refractivity contribution >= 4 is 0 Å². The van der Waals surface area contributed by atoms with Crippen LogP contribution in [0.5, 0.6) is 0 Å². The van der Waals surface area contributed by atoms with Gasteiger partial charge < -0.3 is 14.7 Å². The standard InChI is InChI=1S/C19H35N3/c1-3-21-10-6-18(7-11-21)12-17(13-18)14-22-15-19(16-22)4-8-20(2)9-5-19/h17H,3-16H2,1-2H3. The zero-order valence-electron chi connectivity index (χ0n) is 14.8. The van der Waals surface area contributed by atoms with Crippen LogP contribution in [0.3, 0.4) is 0 Å². The summed E-state index contributed by atoms with van der Waals surface area (Å²) >= 11 is 0. The smallest absolute Gasteiger partial charge is 0.00516 e. The molecule has 0 amide bonds. The van der Waals surface area contributed by atoms with Crippen LogP contribution in [0.1, 0.15) is 45.4 Å². The fourth-order valence-electron chi connectivity index (χ4n) is 5.85. The van der Waals surface area contributed by atoms with Gasteiger partial charge in [0, 0.05) is 19.6 Å². The Balaban J connectivity index is 1.17. The molecular formula is C19H35N3. The SMILES string of the molecule is CCN1CCC2(CC1)CC(CN1CC3(CCN(C)CC3)C1)C2. The summed E-state index contributed by atoms with van der Waals surface area (Å²) < 4.78 is 0. The monoisotopic (exact) mass is 305 g/mol. The zero-order chi connectivity index (χ0) is 15.2. The maximum Gasteiger partial charge on any atom is 0.00516 e. The number of rotatable bonds is 3. The molecule has 0 N–H and O–H groups in total. The van der Waals surface area contributed by atoms with Crippen LogP contribution < -0.4 is 0 Å². The summed E-state index contributed by atoms with van der Waals surface area (Å²) in [4.78, 5) is 7.92. The minimum absolute atomic E-state index is 0.723. The molecule has 1 aliphatic carbocycles. The van der Waals surface area contributed by atoms with Crippen molar-refractivity contribution in [3.05, 3.63) is 0 Å². The van der Waals surface area contributed by atoms with Crippen LogP contribution >= 0.6 is 0 Å². The molecule has 126 valence electrons. The normalized spacial score (nSPS) is 33.0. The Morgan fingerprint density at radius 3 is 2.00 bits per heavy atom. The summed E-state index contributed by atoms with van der Waals surface area (Å²) in [6.07, 6.45) is 8.93. The second-order valence-corrected chi connectivity index (χ2v) is 9.18. The van der Waals surface area contributed by atoms with Crippen LogP contribution in [0, 0.1) is 16.7 Å². The van der Waals surface area contributed by atoms with Gasteiger partial charge >= 0.3 is 0 Å². The third kappa shape index (κ3) is 2.85. The highest BCUT2D eigenvalue weighted by molar-refractivity contribution is 5.02. The minimum atomic E-state index is 0.723. The van der Waals surface area contributed by atoms with E-state index in [1.807, 2.05) is 0 Å². The highest BCUT2D eigenvalue weighted by atomic mass is 15.2. The molecule has 1 saturated carbocycles. The lowest BCUT2D eigenvalue weighted by atomic mass is 9.57. The van der Waals surface area contributed by atoms with E-state index in [9.17, 15) is 0 Å². The number of likely N-dealkylation sites (tertiary alicyclic amines) is 3. The molecule has 0 unspecified atom stereocenters. The van der Waals surface area contributed by atoms with Crippen molar-refractivity contribution in [1.29, 1.82) is 0 Å². The van der Waals surface area contributed by atoms with Crippen molar-refractivity contribution < 1.29 is 0 Å². The molecule has 4 fully saturated rings. The van der Waals surface area contributed by atoms with Crippen LogP contribution in [-0.2, 0) is 0 Å². The van der Waals surface area contributed by atoms with Gasteiger partial charge in [0.05, 0.1) is 0 Å². The summed E-state index contributed by atoms with van der Waals surface area (Å²) in [7, 11) is 2.28. The first kappa shape index (κ1) is 15.4. The van der Waals surface area contributed by atoms with E-state index in [1.165, 1.54) is 90.9 Å². The predicted octanol–water partition coefficient (Wildman–Crippen LogP) is 2.53. The van der Waals surface area contributed by atoms with Gasteiger partial charge in [-0.25, -0.2) is 0 Å². The summed E-state index contributed by atoms with van der Waals surface area (Å²) in [6, 6.07) is 0. The quantitative estimate of drug-likeness (QED) is 0.793. The van der Waals surface area contributed by atoms with Crippen molar-refractivity contribution in [2.75, 3.05) is 59.4 Å². The lowest BCUT2D eigenvalue weighted by Gasteiger charge is -2.58. The van der Waals surface area contributed by atoms with Crippen LogP contribution in [0.25, 0.3) is 0 Å². The van der Waals surface area contributed by atoms with E-state index in [-0.39, 0.29) is 0 Å². The molecule has 4 rings (SSSR count). The fraction of sp³-hybridized carbons (Fsp3) is 1.00. The molecule has 2 spiro atoms. The Hall–Kier alpha value is -0.120. The van der Waals surface area contributed by atoms with Crippen LogP contribution in [0.2, 0.25) is 0 Å². The molecule has 4 aliphatic rings. The predicted molar refractivity (Wildman–Crippen MR) is 92.1 cm³/mol. The van der Waals surface area contributed by atoms with Gasteiger partial charge in [0.1, 0.15) is 0 Å². The second kappa shape index (κ2) is 5.75. The van der Waals surface area contributed by atoms with E-state index >= 15 is 0 Å². The maximum absolute atomic E-state index is 2.78. The van der Waals surface area contributed by atoms with Gasteiger partial charge in [0.2, 0.25) is 0 Å². The molecule has 0 bridgehead atoms. The molecule has 3 heterocycles. The molecule has 0 aromatic carbocycles. The summed E-state index contributed by atoms with van der Waals surface area (Å²) in [6.45, 7) is 13.2. The van der Waals surface area contributed by atoms with E-state index in [0.29, 0.717) is 0 Å². The van der Waals surface area contributed by atoms with Gasteiger partial charge in [-0.05, 0) is 95.0 Å². The molecule has 0 atom stereocenters. The summed E-state index contributed by atoms with van der Waals surface area (Å²) in [5.41, 5.74) is 1.49. The van der Waals surface area contributed by atoms with Crippen molar-refractivity contribution in [2.45, 2.75) is 45.4 Å². The van der Waals surface area contributed by atoms with Gasteiger partial charge in [-0.1, -0.05) is 6.92 Å². The topological polar surface area (TPSA) is 9.72 Å². The van der Waals surface area contributed by atoms with Gasteiger partial charge in [-0.2, -0.15) is 0 Å². The number of piperidine rings is 2. The number of hydrogen-bond acceptors (Lipinski definition) is 3. The molecule has 3 aliphatic heterocycles. The molecule has 3 heteroatoms. The van der Waals surface area contributed by atoms with Crippen molar-refractivity contribution in [1.82, 2.24) is 14.7 Å². The Labute approximate surface area is 137 Å². The Morgan fingerprint density at radius 2 is 1.41 bits per heavy atom.